The lowest BCUT2D eigenvalue weighted by atomic mass is 9.80. The Kier molecular flexibility index (Phi) is 2.64. The molecule has 0 aliphatic heterocycles. The van der Waals surface area contributed by atoms with Gasteiger partial charge in [0, 0.05) is 18.9 Å². The van der Waals surface area contributed by atoms with Gasteiger partial charge in [-0.05, 0) is 30.4 Å². The first kappa shape index (κ1) is 9.78. The van der Waals surface area contributed by atoms with Crippen molar-refractivity contribution >= 4 is 0 Å². The van der Waals surface area contributed by atoms with E-state index in [2.05, 4.69) is 19.9 Å². The molecule has 0 bridgehead atoms. The van der Waals surface area contributed by atoms with Crippen LogP contribution in [0.25, 0.3) is 0 Å². The van der Waals surface area contributed by atoms with Gasteiger partial charge in [-0.2, -0.15) is 0 Å². The van der Waals surface area contributed by atoms with Gasteiger partial charge >= 0.3 is 0 Å². The summed E-state index contributed by atoms with van der Waals surface area (Å²) in [6.07, 6.45) is 3.40. The molecule has 0 saturated carbocycles. The highest BCUT2D eigenvalue weighted by atomic mass is 16.3. The van der Waals surface area contributed by atoms with E-state index in [0.29, 0.717) is 18.4 Å². The minimum Gasteiger partial charge on any atom is -0.465 e. The van der Waals surface area contributed by atoms with Crippen molar-refractivity contribution in [2.24, 2.45) is 11.7 Å². The molecular formula is C12H19NO. The maximum Gasteiger partial charge on any atom is 0.111 e. The molecule has 78 valence electrons. The summed E-state index contributed by atoms with van der Waals surface area (Å²) < 4.78 is 5.85. The van der Waals surface area contributed by atoms with Crippen molar-refractivity contribution in [3.63, 3.8) is 0 Å². The number of nitrogens with two attached hydrogens (primary N) is 1. The van der Waals surface area contributed by atoms with Crippen LogP contribution < -0.4 is 5.73 Å². The van der Waals surface area contributed by atoms with Gasteiger partial charge in [-0.15, -0.1) is 0 Å². The lowest BCUT2D eigenvalue weighted by molar-refractivity contribution is 0.332. The van der Waals surface area contributed by atoms with Gasteiger partial charge in [0.05, 0.1) is 0 Å². The summed E-state index contributed by atoms with van der Waals surface area (Å²) in [4.78, 5) is 0. The molecule has 1 aromatic rings. The fraction of sp³-hybridized carbons (Fsp3) is 0.667. The quantitative estimate of drug-likeness (QED) is 0.783. The Hall–Kier alpha value is -0.760. The van der Waals surface area contributed by atoms with Crippen LogP contribution in [-0.2, 0) is 12.8 Å². The molecule has 0 aromatic carbocycles. The van der Waals surface area contributed by atoms with Gasteiger partial charge in [0.15, 0.2) is 0 Å². The van der Waals surface area contributed by atoms with Crippen LogP contribution in [0.5, 0.6) is 0 Å². The van der Waals surface area contributed by atoms with Crippen molar-refractivity contribution in [2.75, 3.05) is 6.54 Å². The van der Waals surface area contributed by atoms with Gasteiger partial charge < -0.3 is 10.2 Å². The van der Waals surface area contributed by atoms with Crippen LogP contribution >= 0.6 is 0 Å². The molecule has 2 unspecified atom stereocenters. The minimum absolute atomic E-state index is 0.444. The van der Waals surface area contributed by atoms with Crippen molar-refractivity contribution < 1.29 is 4.42 Å². The largest absolute Gasteiger partial charge is 0.465 e. The molecule has 0 spiro atoms. The molecule has 1 heterocycles. The van der Waals surface area contributed by atoms with Crippen LogP contribution in [0.1, 0.15) is 43.3 Å². The average molecular weight is 193 g/mol. The first-order valence-electron chi connectivity index (χ1n) is 5.57. The number of furan rings is 1. The Labute approximate surface area is 85.5 Å². The third-order valence-electron chi connectivity index (χ3n) is 3.39. The van der Waals surface area contributed by atoms with Gasteiger partial charge in [0.25, 0.3) is 0 Å². The molecule has 2 nitrogen and oxygen atoms in total. The topological polar surface area (TPSA) is 39.2 Å². The predicted molar refractivity (Wildman–Crippen MR) is 57.4 cm³/mol. The van der Waals surface area contributed by atoms with E-state index in [4.69, 9.17) is 10.2 Å². The molecule has 2 atom stereocenters. The van der Waals surface area contributed by atoms with Gasteiger partial charge in [0.2, 0.25) is 0 Å². The predicted octanol–water partition coefficient (Wildman–Crippen LogP) is 2.47. The smallest absolute Gasteiger partial charge is 0.111 e. The molecule has 0 radical (unpaired) electrons. The second-order valence-electron chi connectivity index (χ2n) is 4.31. The molecule has 2 rings (SSSR count). The lowest BCUT2D eigenvalue weighted by Crippen LogP contribution is -2.24. The van der Waals surface area contributed by atoms with E-state index in [1.807, 2.05) is 0 Å². The Morgan fingerprint density at radius 1 is 1.57 bits per heavy atom. The molecule has 0 amide bonds. The molecule has 0 fully saturated rings. The van der Waals surface area contributed by atoms with E-state index < -0.39 is 0 Å². The zero-order valence-electron chi connectivity index (χ0n) is 9.05. The fourth-order valence-electron chi connectivity index (χ4n) is 2.37. The molecule has 2 heteroatoms. The Morgan fingerprint density at radius 2 is 2.36 bits per heavy atom. The molecule has 14 heavy (non-hydrogen) atoms. The summed E-state index contributed by atoms with van der Waals surface area (Å²) in [5, 5.41) is 0. The second-order valence-corrected chi connectivity index (χ2v) is 4.31. The summed E-state index contributed by atoms with van der Waals surface area (Å²) in [6, 6.07) is 2.21. The Morgan fingerprint density at radius 3 is 3.00 bits per heavy atom. The summed E-state index contributed by atoms with van der Waals surface area (Å²) >= 11 is 0. The monoisotopic (exact) mass is 193 g/mol. The number of rotatable bonds is 2. The van der Waals surface area contributed by atoms with Crippen molar-refractivity contribution in [1.29, 1.82) is 0 Å². The van der Waals surface area contributed by atoms with Crippen LogP contribution in [0.2, 0.25) is 0 Å². The van der Waals surface area contributed by atoms with E-state index >= 15 is 0 Å². The Balaban J connectivity index is 2.35. The van der Waals surface area contributed by atoms with E-state index in [1.165, 1.54) is 17.7 Å². The second kappa shape index (κ2) is 3.77. The Bertz CT molecular complexity index is 316. The highest BCUT2D eigenvalue weighted by Crippen LogP contribution is 2.37. The zero-order chi connectivity index (χ0) is 10.1. The zero-order valence-corrected chi connectivity index (χ0v) is 9.05. The minimum atomic E-state index is 0.444. The van der Waals surface area contributed by atoms with Gasteiger partial charge in [0.1, 0.15) is 11.5 Å². The van der Waals surface area contributed by atoms with Crippen LogP contribution in [0.15, 0.2) is 10.5 Å². The molecular weight excluding hydrogens is 174 g/mol. The van der Waals surface area contributed by atoms with Crippen molar-refractivity contribution in [2.45, 2.75) is 39.0 Å². The first-order valence-corrected chi connectivity index (χ1v) is 5.57. The van der Waals surface area contributed by atoms with E-state index in [9.17, 15) is 0 Å². The van der Waals surface area contributed by atoms with Crippen LogP contribution in [0, 0.1) is 5.92 Å². The molecule has 0 saturated heterocycles. The highest BCUT2D eigenvalue weighted by Gasteiger charge is 2.29. The third kappa shape index (κ3) is 1.48. The van der Waals surface area contributed by atoms with Crippen molar-refractivity contribution in [3.05, 3.63) is 23.2 Å². The number of aryl methyl sites for hydroxylation is 2. The van der Waals surface area contributed by atoms with Crippen LogP contribution in [-0.4, -0.2) is 6.54 Å². The van der Waals surface area contributed by atoms with E-state index in [1.54, 1.807) is 0 Å². The average Bonchev–Trinajstić information content (AvgIpc) is 2.60. The molecule has 1 aromatic heterocycles. The summed E-state index contributed by atoms with van der Waals surface area (Å²) in [5.41, 5.74) is 7.20. The summed E-state index contributed by atoms with van der Waals surface area (Å²) in [5.74, 6) is 3.40. The van der Waals surface area contributed by atoms with Gasteiger partial charge in [-0.1, -0.05) is 13.8 Å². The fourth-order valence-corrected chi connectivity index (χ4v) is 2.37. The highest BCUT2D eigenvalue weighted by molar-refractivity contribution is 5.28. The number of hydrogen-bond acceptors (Lipinski definition) is 2. The SMILES string of the molecule is CCc1cc2c(o1)C(CN)C(C)CC2. The van der Waals surface area contributed by atoms with Crippen molar-refractivity contribution in [3.8, 4) is 0 Å². The lowest BCUT2D eigenvalue weighted by Gasteiger charge is -2.26. The number of hydrogen-bond donors (Lipinski definition) is 1. The van der Waals surface area contributed by atoms with Gasteiger partial charge in [-0.25, -0.2) is 0 Å². The molecule has 1 aliphatic carbocycles. The third-order valence-corrected chi connectivity index (χ3v) is 3.39. The summed E-state index contributed by atoms with van der Waals surface area (Å²) in [7, 11) is 0. The first-order chi connectivity index (χ1) is 6.76. The maximum atomic E-state index is 5.85. The maximum absolute atomic E-state index is 5.85. The summed E-state index contributed by atoms with van der Waals surface area (Å²) in [6.45, 7) is 5.12. The van der Waals surface area contributed by atoms with Crippen molar-refractivity contribution in [1.82, 2.24) is 0 Å². The van der Waals surface area contributed by atoms with E-state index in [0.717, 1.165) is 18.6 Å². The number of fused-ring (bicyclic) bond motifs is 1. The molecule has 2 N–H and O–H groups in total. The normalized spacial score (nSPS) is 26.2. The standard InChI is InChI=1S/C12H19NO/c1-3-10-6-9-5-4-8(2)11(7-13)12(9)14-10/h6,8,11H,3-5,7,13H2,1-2H3. The van der Waals surface area contributed by atoms with E-state index in [-0.39, 0.29) is 0 Å². The van der Waals surface area contributed by atoms with Crippen LogP contribution in [0.4, 0.5) is 0 Å². The van der Waals surface area contributed by atoms with Gasteiger partial charge in [-0.3, -0.25) is 0 Å². The van der Waals surface area contributed by atoms with Crippen LogP contribution in [0.3, 0.4) is 0 Å². The molecule has 1 aliphatic rings.